The van der Waals surface area contributed by atoms with E-state index in [0.29, 0.717) is 5.92 Å². The molecule has 1 aliphatic rings. The van der Waals surface area contributed by atoms with Gasteiger partial charge in [-0.05, 0) is 11.8 Å². The van der Waals surface area contributed by atoms with E-state index in [-0.39, 0.29) is 24.0 Å². The molecule has 0 radical (unpaired) electrons. The van der Waals surface area contributed by atoms with Crippen LogP contribution in [0.5, 0.6) is 0 Å². The van der Waals surface area contributed by atoms with Crippen LogP contribution in [0.3, 0.4) is 0 Å². The summed E-state index contributed by atoms with van der Waals surface area (Å²) in [5.74, 6) is 3.38. The Hall–Kier alpha value is -0.900. The zero-order valence-corrected chi connectivity index (χ0v) is 20.0. The van der Waals surface area contributed by atoms with Crippen molar-refractivity contribution in [1.82, 2.24) is 29.9 Å². The van der Waals surface area contributed by atoms with Crippen LogP contribution in [0.4, 0.5) is 0 Å². The van der Waals surface area contributed by atoms with Gasteiger partial charge in [0.25, 0.3) is 0 Å². The summed E-state index contributed by atoms with van der Waals surface area (Å²) >= 11 is 0. The Balaban J connectivity index is 0.00000364. The average Bonchev–Trinajstić information content (AvgIpc) is 3.05. The molecule has 1 N–H and O–H groups in total. The molecule has 27 heavy (non-hydrogen) atoms. The van der Waals surface area contributed by atoms with Gasteiger partial charge in [-0.15, -0.1) is 34.2 Å². The maximum Gasteiger partial charge on any atom is 0.194 e. The highest BCUT2D eigenvalue weighted by atomic mass is 127. The van der Waals surface area contributed by atoms with Crippen molar-refractivity contribution in [3.05, 3.63) is 12.2 Å². The Bertz CT molecular complexity index is 548. The van der Waals surface area contributed by atoms with E-state index in [1.54, 1.807) is 0 Å². The van der Waals surface area contributed by atoms with Crippen molar-refractivity contribution in [2.75, 3.05) is 45.8 Å². The highest BCUT2D eigenvalue weighted by Crippen LogP contribution is 2.06. The van der Waals surface area contributed by atoms with Crippen LogP contribution in [0.25, 0.3) is 0 Å². The number of hydrogen-bond donors (Lipinski definition) is 1. The number of nitrogens with one attached hydrogen (secondary N) is 1. The molecule has 0 aromatic carbocycles. The Kier molecular flexibility index (Phi) is 11.2. The van der Waals surface area contributed by atoms with Gasteiger partial charge < -0.3 is 14.8 Å². The highest BCUT2D eigenvalue weighted by molar-refractivity contribution is 14.0. The molecule has 1 fully saturated rings. The van der Waals surface area contributed by atoms with Crippen LogP contribution in [0, 0.1) is 11.8 Å². The van der Waals surface area contributed by atoms with Crippen LogP contribution in [0.2, 0.25) is 0 Å². The molecule has 1 saturated heterocycles. The molecule has 0 amide bonds. The van der Waals surface area contributed by atoms with Crippen LogP contribution >= 0.6 is 24.0 Å². The van der Waals surface area contributed by atoms with Gasteiger partial charge in [0.05, 0.1) is 0 Å². The first-order chi connectivity index (χ1) is 12.5. The SMILES string of the molecule is CCc1nncn1CCNC(=NCC(C)C)N1CCN(CC(C)C)CC1.I. The predicted octanol–water partition coefficient (Wildman–Crippen LogP) is 2.33. The third kappa shape index (κ3) is 8.33. The molecule has 0 aliphatic carbocycles. The minimum Gasteiger partial charge on any atom is -0.354 e. The van der Waals surface area contributed by atoms with Gasteiger partial charge in [-0.2, -0.15) is 0 Å². The molecule has 156 valence electrons. The molecule has 2 heterocycles. The van der Waals surface area contributed by atoms with Crippen LogP contribution in [0.1, 0.15) is 40.4 Å². The lowest BCUT2D eigenvalue weighted by Crippen LogP contribution is -2.53. The number of aryl methyl sites for hydroxylation is 1. The minimum absolute atomic E-state index is 0. The summed E-state index contributed by atoms with van der Waals surface area (Å²) in [6, 6.07) is 0. The van der Waals surface area contributed by atoms with Gasteiger partial charge in [0.15, 0.2) is 5.96 Å². The monoisotopic (exact) mass is 491 g/mol. The van der Waals surface area contributed by atoms with Crippen molar-refractivity contribution in [3.8, 4) is 0 Å². The fraction of sp³-hybridized carbons (Fsp3) is 0.842. The molecule has 0 bridgehead atoms. The first kappa shape index (κ1) is 24.1. The van der Waals surface area contributed by atoms with Crippen molar-refractivity contribution >= 4 is 29.9 Å². The molecule has 1 aliphatic heterocycles. The predicted molar refractivity (Wildman–Crippen MR) is 123 cm³/mol. The Labute approximate surface area is 182 Å². The molecule has 1 aromatic rings. The Morgan fingerprint density at radius 1 is 1.15 bits per heavy atom. The van der Waals surface area contributed by atoms with E-state index in [4.69, 9.17) is 4.99 Å². The Morgan fingerprint density at radius 3 is 2.44 bits per heavy atom. The highest BCUT2D eigenvalue weighted by Gasteiger charge is 2.20. The summed E-state index contributed by atoms with van der Waals surface area (Å²) in [5, 5.41) is 11.7. The minimum atomic E-state index is 0. The topological polar surface area (TPSA) is 61.6 Å². The van der Waals surface area contributed by atoms with Crippen LogP contribution < -0.4 is 5.32 Å². The number of halogens is 1. The van der Waals surface area contributed by atoms with E-state index in [1.165, 1.54) is 6.54 Å². The number of piperazine rings is 1. The van der Waals surface area contributed by atoms with Gasteiger partial charge in [0.2, 0.25) is 0 Å². The zero-order valence-electron chi connectivity index (χ0n) is 17.7. The molecular formula is C19H38IN7. The molecule has 0 atom stereocenters. The number of guanidine groups is 1. The summed E-state index contributed by atoms with van der Waals surface area (Å²) in [7, 11) is 0. The van der Waals surface area contributed by atoms with Crippen molar-refractivity contribution in [1.29, 1.82) is 0 Å². The summed E-state index contributed by atoms with van der Waals surface area (Å²) in [6.45, 7) is 19.2. The molecule has 0 saturated carbocycles. The van der Waals surface area contributed by atoms with Crippen molar-refractivity contribution < 1.29 is 0 Å². The van der Waals surface area contributed by atoms with Gasteiger partial charge >= 0.3 is 0 Å². The number of aliphatic imine (C=N–C) groups is 1. The van der Waals surface area contributed by atoms with E-state index < -0.39 is 0 Å². The van der Waals surface area contributed by atoms with Gasteiger partial charge in [0, 0.05) is 58.8 Å². The maximum atomic E-state index is 4.87. The Morgan fingerprint density at radius 2 is 1.85 bits per heavy atom. The van der Waals surface area contributed by atoms with E-state index in [0.717, 1.165) is 69.9 Å². The van der Waals surface area contributed by atoms with Crippen molar-refractivity contribution in [3.63, 3.8) is 0 Å². The fourth-order valence-electron chi connectivity index (χ4n) is 3.22. The zero-order chi connectivity index (χ0) is 18.9. The van der Waals surface area contributed by atoms with Gasteiger partial charge in [-0.1, -0.05) is 34.6 Å². The number of hydrogen-bond acceptors (Lipinski definition) is 4. The van der Waals surface area contributed by atoms with Gasteiger partial charge in [-0.3, -0.25) is 9.89 Å². The van der Waals surface area contributed by atoms with E-state index >= 15 is 0 Å². The largest absolute Gasteiger partial charge is 0.354 e. The maximum absolute atomic E-state index is 4.87. The quantitative estimate of drug-likeness (QED) is 0.344. The molecule has 0 spiro atoms. The molecule has 2 rings (SSSR count). The standard InChI is InChI=1S/C19H37N7.HI/c1-6-18-23-22-15-26(18)8-7-20-19(21-13-16(2)3)25-11-9-24(10-12-25)14-17(4)5;/h15-17H,6-14H2,1-5H3,(H,20,21);1H. The average molecular weight is 491 g/mol. The normalized spacial score (nSPS) is 16.1. The van der Waals surface area contributed by atoms with E-state index in [9.17, 15) is 0 Å². The smallest absolute Gasteiger partial charge is 0.194 e. The van der Waals surface area contributed by atoms with Crippen molar-refractivity contribution in [2.24, 2.45) is 16.8 Å². The second kappa shape index (κ2) is 12.5. The molecular weight excluding hydrogens is 453 g/mol. The van der Waals surface area contributed by atoms with Crippen LogP contribution in [-0.2, 0) is 13.0 Å². The van der Waals surface area contributed by atoms with Crippen LogP contribution in [0.15, 0.2) is 11.3 Å². The lowest BCUT2D eigenvalue weighted by molar-refractivity contribution is 0.163. The summed E-state index contributed by atoms with van der Waals surface area (Å²) in [4.78, 5) is 9.84. The first-order valence-corrected chi connectivity index (χ1v) is 10.1. The lowest BCUT2D eigenvalue weighted by atomic mass is 10.2. The molecule has 1 aromatic heterocycles. The summed E-state index contributed by atoms with van der Waals surface area (Å²) < 4.78 is 2.12. The van der Waals surface area contributed by atoms with E-state index in [2.05, 4.69) is 64.5 Å². The molecule has 7 nitrogen and oxygen atoms in total. The van der Waals surface area contributed by atoms with E-state index in [1.807, 2.05) is 6.33 Å². The second-order valence-corrected chi connectivity index (χ2v) is 7.96. The fourth-order valence-corrected chi connectivity index (χ4v) is 3.22. The first-order valence-electron chi connectivity index (χ1n) is 10.1. The third-order valence-corrected chi connectivity index (χ3v) is 4.55. The molecule has 0 unspecified atom stereocenters. The lowest BCUT2D eigenvalue weighted by Gasteiger charge is -2.37. The third-order valence-electron chi connectivity index (χ3n) is 4.55. The number of rotatable bonds is 8. The molecule has 8 heteroatoms. The van der Waals surface area contributed by atoms with Gasteiger partial charge in [-0.25, -0.2) is 0 Å². The van der Waals surface area contributed by atoms with Gasteiger partial charge in [0.1, 0.15) is 12.2 Å². The summed E-state index contributed by atoms with van der Waals surface area (Å²) in [6.07, 6.45) is 2.72. The second-order valence-electron chi connectivity index (χ2n) is 7.96. The van der Waals surface area contributed by atoms with Crippen LogP contribution in [-0.4, -0.2) is 76.3 Å². The van der Waals surface area contributed by atoms with Crippen molar-refractivity contribution in [2.45, 2.75) is 47.6 Å². The number of nitrogens with zero attached hydrogens (tertiary/aromatic N) is 6. The summed E-state index contributed by atoms with van der Waals surface area (Å²) in [5.41, 5.74) is 0. The number of aromatic nitrogens is 3.